The fourth-order valence-electron chi connectivity index (χ4n) is 1.35. The van der Waals surface area contributed by atoms with Gasteiger partial charge in [-0.1, -0.05) is 30.3 Å². The molecule has 4 nitrogen and oxygen atoms in total. The van der Waals surface area contributed by atoms with E-state index in [4.69, 9.17) is 14.5 Å². The van der Waals surface area contributed by atoms with Crippen molar-refractivity contribution in [1.82, 2.24) is 0 Å². The Morgan fingerprint density at radius 3 is 2.22 bits per heavy atom. The van der Waals surface area contributed by atoms with Crippen LogP contribution in [0.2, 0.25) is 0 Å². The molecule has 1 unspecified atom stereocenters. The molecule has 5 heteroatoms. The first-order chi connectivity index (χ1) is 8.81. The Morgan fingerprint density at radius 2 is 1.56 bits per heavy atom. The fraction of sp³-hybridized carbons (Fsp3) is 0. The third-order valence-corrected chi connectivity index (χ3v) is 3.24. The third-order valence-electron chi connectivity index (χ3n) is 2.15. The van der Waals surface area contributed by atoms with E-state index in [0.717, 1.165) is 0 Å². The van der Waals surface area contributed by atoms with Crippen LogP contribution in [-0.2, 0) is 4.57 Å². The molecule has 18 heavy (non-hydrogen) atoms. The zero-order valence-electron chi connectivity index (χ0n) is 9.32. The molecule has 0 aliphatic rings. The van der Waals surface area contributed by atoms with Gasteiger partial charge in [0.2, 0.25) is 11.1 Å². The molecule has 0 radical (unpaired) electrons. The lowest BCUT2D eigenvalue weighted by Gasteiger charge is -1.99. The standard InChI is InChI=1S/C13H9NO3P/c14-10-16-12-8-4-5-9-13(12)17-18(15)11-6-2-1-3-7-11/h1-9H/q+1. The first kappa shape index (κ1) is 12.1. The monoisotopic (exact) mass is 258 g/mol. The second kappa shape index (κ2) is 5.81. The maximum absolute atomic E-state index is 12.0. The van der Waals surface area contributed by atoms with Crippen LogP contribution in [0.5, 0.6) is 11.5 Å². The molecule has 0 saturated carbocycles. The molecule has 0 saturated heterocycles. The molecule has 0 amide bonds. The number of hydrogen-bond donors (Lipinski definition) is 0. The zero-order valence-corrected chi connectivity index (χ0v) is 10.2. The highest BCUT2D eigenvalue weighted by atomic mass is 31.1. The molecular weight excluding hydrogens is 249 g/mol. The van der Waals surface area contributed by atoms with Gasteiger partial charge in [0, 0.05) is 0 Å². The number of para-hydroxylation sites is 2. The van der Waals surface area contributed by atoms with E-state index in [1.54, 1.807) is 54.8 Å². The summed E-state index contributed by atoms with van der Waals surface area (Å²) in [5, 5.41) is 9.08. The van der Waals surface area contributed by atoms with Crippen LogP contribution < -0.4 is 14.6 Å². The molecule has 0 aromatic heterocycles. The molecule has 0 heterocycles. The summed E-state index contributed by atoms with van der Waals surface area (Å²) in [5.41, 5.74) is 0. The SMILES string of the molecule is N#COc1ccccc1O[P+](=O)c1ccccc1. The van der Waals surface area contributed by atoms with E-state index < -0.39 is 8.03 Å². The van der Waals surface area contributed by atoms with Gasteiger partial charge in [-0.2, -0.15) is 0 Å². The highest BCUT2D eigenvalue weighted by Gasteiger charge is 2.25. The maximum Gasteiger partial charge on any atom is 0.597 e. The number of hydrogen-bond acceptors (Lipinski definition) is 4. The lowest BCUT2D eigenvalue weighted by molar-refractivity contribution is 0.460. The number of rotatable bonds is 4. The van der Waals surface area contributed by atoms with Crippen molar-refractivity contribution < 1.29 is 13.8 Å². The maximum atomic E-state index is 12.0. The predicted molar refractivity (Wildman–Crippen MR) is 67.0 cm³/mol. The quantitative estimate of drug-likeness (QED) is 0.624. The van der Waals surface area contributed by atoms with E-state index in [9.17, 15) is 4.57 Å². The Bertz CT molecular complexity index is 593. The molecule has 2 aromatic carbocycles. The van der Waals surface area contributed by atoms with Crippen LogP contribution in [0.25, 0.3) is 0 Å². The molecule has 0 spiro atoms. The fourth-order valence-corrected chi connectivity index (χ4v) is 2.20. The number of nitriles is 1. The lowest BCUT2D eigenvalue weighted by Crippen LogP contribution is -1.99. The van der Waals surface area contributed by atoms with Gasteiger partial charge in [0.15, 0.2) is 5.75 Å². The minimum Gasteiger partial charge on any atom is -0.384 e. The lowest BCUT2D eigenvalue weighted by atomic mass is 10.3. The molecule has 88 valence electrons. The van der Waals surface area contributed by atoms with Crippen molar-refractivity contribution in [3.63, 3.8) is 0 Å². The summed E-state index contributed by atoms with van der Waals surface area (Å²) in [7, 11) is -2.02. The molecule has 0 aliphatic carbocycles. The van der Waals surface area contributed by atoms with Crippen LogP contribution in [-0.4, -0.2) is 0 Å². The van der Waals surface area contributed by atoms with E-state index in [0.29, 0.717) is 5.30 Å². The van der Waals surface area contributed by atoms with E-state index in [-0.39, 0.29) is 11.5 Å². The Kier molecular flexibility index (Phi) is 3.90. The highest BCUT2D eigenvalue weighted by molar-refractivity contribution is 7.48. The summed E-state index contributed by atoms with van der Waals surface area (Å²) in [4.78, 5) is 0. The Balaban J connectivity index is 2.20. The minimum atomic E-state index is -2.02. The van der Waals surface area contributed by atoms with Crippen molar-refractivity contribution >= 4 is 13.3 Å². The van der Waals surface area contributed by atoms with Gasteiger partial charge in [0.1, 0.15) is 0 Å². The Morgan fingerprint density at radius 1 is 0.944 bits per heavy atom. The Hall–Kier alpha value is -2.37. The van der Waals surface area contributed by atoms with Crippen molar-refractivity contribution in [2.45, 2.75) is 0 Å². The molecule has 0 N–H and O–H groups in total. The van der Waals surface area contributed by atoms with Crippen LogP contribution in [0.3, 0.4) is 0 Å². The second-order valence-electron chi connectivity index (χ2n) is 3.32. The first-order valence-electron chi connectivity index (χ1n) is 5.16. The molecule has 0 fully saturated rings. The van der Waals surface area contributed by atoms with Crippen molar-refractivity contribution in [3.05, 3.63) is 54.6 Å². The summed E-state index contributed by atoms with van der Waals surface area (Å²) in [6, 6.07) is 15.4. The topological polar surface area (TPSA) is 59.3 Å². The molecule has 0 aliphatic heterocycles. The Labute approximate surface area is 105 Å². The van der Waals surface area contributed by atoms with Gasteiger partial charge in [-0.05, 0) is 28.8 Å². The predicted octanol–water partition coefficient (Wildman–Crippen LogP) is 2.99. The summed E-state index contributed by atoms with van der Waals surface area (Å²) in [5.74, 6) is 0.531. The number of ether oxygens (including phenoxy) is 1. The minimum absolute atomic E-state index is 0.249. The summed E-state index contributed by atoms with van der Waals surface area (Å²) < 4.78 is 22.0. The second-order valence-corrected chi connectivity index (χ2v) is 4.54. The van der Waals surface area contributed by atoms with E-state index in [1.165, 1.54) is 0 Å². The summed E-state index contributed by atoms with van der Waals surface area (Å²) >= 11 is 0. The molecular formula is C13H9NO3P+. The number of nitrogens with zero attached hydrogens (tertiary/aromatic N) is 1. The van der Waals surface area contributed by atoms with Crippen LogP contribution in [0.4, 0.5) is 0 Å². The van der Waals surface area contributed by atoms with Crippen molar-refractivity contribution in [3.8, 4) is 17.8 Å². The normalized spacial score (nSPS) is 10.3. The van der Waals surface area contributed by atoms with Crippen molar-refractivity contribution in [1.29, 1.82) is 5.26 Å². The smallest absolute Gasteiger partial charge is 0.384 e. The van der Waals surface area contributed by atoms with E-state index in [2.05, 4.69) is 0 Å². The average Bonchev–Trinajstić information content (AvgIpc) is 2.42. The third kappa shape index (κ3) is 2.85. The highest BCUT2D eigenvalue weighted by Crippen LogP contribution is 2.33. The van der Waals surface area contributed by atoms with E-state index in [1.807, 2.05) is 6.07 Å². The van der Waals surface area contributed by atoms with Gasteiger partial charge in [-0.3, -0.25) is 0 Å². The van der Waals surface area contributed by atoms with Crippen LogP contribution >= 0.6 is 8.03 Å². The molecule has 1 atom stereocenters. The summed E-state index contributed by atoms with van der Waals surface area (Å²) in [6.07, 6.45) is 1.56. The largest absolute Gasteiger partial charge is 0.597 e. The molecule has 2 rings (SSSR count). The summed E-state index contributed by atoms with van der Waals surface area (Å²) in [6.45, 7) is 0. The van der Waals surface area contributed by atoms with Crippen molar-refractivity contribution in [2.24, 2.45) is 0 Å². The van der Waals surface area contributed by atoms with Crippen LogP contribution in [0.1, 0.15) is 0 Å². The van der Waals surface area contributed by atoms with Crippen molar-refractivity contribution in [2.75, 3.05) is 0 Å². The van der Waals surface area contributed by atoms with Gasteiger partial charge in [0.25, 0.3) is 6.26 Å². The molecule has 2 aromatic rings. The number of benzene rings is 2. The van der Waals surface area contributed by atoms with Gasteiger partial charge >= 0.3 is 8.03 Å². The van der Waals surface area contributed by atoms with Gasteiger partial charge < -0.3 is 4.74 Å². The average molecular weight is 258 g/mol. The van der Waals surface area contributed by atoms with Crippen LogP contribution in [0.15, 0.2) is 54.6 Å². The molecule has 0 bridgehead atoms. The van der Waals surface area contributed by atoms with Crippen LogP contribution in [0, 0.1) is 11.5 Å². The van der Waals surface area contributed by atoms with Gasteiger partial charge in [-0.15, -0.1) is 5.26 Å². The van der Waals surface area contributed by atoms with E-state index >= 15 is 0 Å². The van der Waals surface area contributed by atoms with Gasteiger partial charge in [-0.25, -0.2) is 4.52 Å². The zero-order chi connectivity index (χ0) is 12.8. The first-order valence-corrected chi connectivity index (χ1v) is 6.34. The van der Waals surface area contributed by atoms with Gasteiger partial charge in [0.05, 0.1) is 0 Å².